The summed E-state index contributed by atoms with van der Waals surface area (Å²) < 4.78 is 28.2. The van der Waals surface area contributed by atoms with Crippen LogP contribution < -0.4 is 4.90 Å². The number of anilines is 1. The molecule has 0 saturated carbocycles. The predicted octanol–water partition coefficient (Wildman–Crippen LogP) is 3.23. The summed E-state index contributed by atoms with van der Waals surface area (Å²) in [5.41, 5.74) is 1.01. The van der Waals surface area contributed by atoms with Gasteiger partial charge in [-0.05, 0) is 48.5 Å². The summed E-state index contributed by atoms with van der Waals surface area (Å²) in [7, 11) is 0. The Bertz CT molecular complexity index is 528. The minimum Gasteiger partial charge on any atom is -0.441 e. The van der Waals surface area contributed by atoms with E-state index < -0.39 is 12.2 Å². The van der Waals surface area contributed by atoms with Crippen LogP contribution in [0.1, 0.15) is 31.2 Å². The normalized spacial score (nSPS) is 19.4. The van der Waals surface area contributed by atoms with E-state index in [1.165, 1.54) is 11.0 Å². The van der Waals surface area contributed by atoms with Crippen molar-refractivity contribution < 1.29 is 23.6 Å². The van der Waals surface area contributed by atoms with Gasteiger partial charge in [0.15, 0.2) is 0 Å². The molecular weight excluding hydrogens is 309 g/mol. The van der Waals surface area contributed by atoms with Gasteiger partial charge in [0, 0.05) is 5.75 Å². The molecule has 0 bridgehead atoms. The monoisotopic (exact) mass is 329 g/mol. The average molecular weight is 329 g/mol. The van der Waals surface area contributed by atoms with Crippen LogP contribution in [0.3, 0.4) is 0 Å². The number of carbonyl (C=O) groups is 1. The second-order valence-electron chi connectivity index (χ2n) is 5.23. The van der Waals surface area contributed by atoms with Crippen LogP contribution in [0.2, 0.25) is 0 Å². The van der Waals surface area contributed by atoms with Crippen LogP contribution in [0.5, 0.6) is 0 Å². The number of hydrogen-bond donors (Lipinski definition) is 2. The van der Waals surface area contributed by atoms with Gasteiger partial charge in [-0.25, -0.2) is 9.18 Å². The van der Waals surface area contributed by atoms with Crippen LogP contribution in [0.25, 0.3) is 0 Å². The summed E-state index contributed by atoms with van der Waals surface area (Å²) in [6.07, 6.45) is 0.316. The summed E-state index contributed by atoms with van der Waals surface area (Å²) in [6, 6.07) is 4.69. The molecule has 1 amide bonds. The molecule has 1 saturated heterocycles. The van der Waals surface area contributed by atoms with Crippen molar-refractivity contribution in [2.75, 3.05) is 23.8 Å². The second kappa shape index (κ2) is 7.80. The van der Waals surface area contributed by atoms with Crippen molar-refractivity contribution >= 4 is 23.8 Å². The summed E-state index contributed by atoms with van der Waals surface area (Å²) in [5, 5.41) is 9.03. The number of ether oxygens (including phenoxy) is 1. The number of nitrogens with zero attached hydrogens (tertiary/aromatic N) is 1. The smallest absolute Gasteiger partial charge is 0.414 e. The number of hydrogen-bond acceptors (Lipinski definition) is 5. The van der Waals surface area contributed by atoms with Gasteiger partial charge in [0.1, 0.15) is 11.9 Å². The van der Waals surface area contributed by atoms with E-state index in [0.717, 1.165) is 18.5 Å². The van der Waals surface area contributed by atoms with Gasteiger partial charge in [-0.3, -0.25) is 4.90 Å². The highest BCUT2D eigenvalue weighted by atomic mass is 32.2. The molecule has 22 heavy (non-hydrogen) atoms. The van der Waals surface area contributed by atoms with Crippen molar-refractivity contribution in [1.29, 1.82) is 0 Å². The van der Waals surface area contributed by atoms with Gasteiger partial charge >= 0.3 is 6.09 Å². The van der Waals surface area contributed by atoms with E-state index in [2.05, 4.69) is 0 Å². The lowest BCUT2D eigenvalue weighted by Gasteiger charge is -2.18. The molecule has 1 aliphatic heterocycles. The highest BCUT2D eigenvalue weighted by Gasteiger charge is 2.32. The minimum absolute atomic E-state index is 0.0319. The van der Waals surface area contributed by atoms with Crippen LogP contribution in [-0.2, 0) is 4.74 Å². The Hall–Kier alpha value is -1.31. The van der Waals surface area contributed by atoms with Crippen LogP contribution in [0.4, 0.5) is 14.9 Å². The number of rotatable bonds is 7. The van der Waals surface area contributed by atoms with Crippen LogP contribution >= 0.6 is 12.0 Å². The highest BCUT2D eigenvalue weighted by Crippen LogP contribution is 2.30. The maximum absolute atomic E-state index is 14.4. The first-order valence-corrected chi connectivity index (χ1v) is 8.19. The zero-order valence-corrected chi connectivity index (χ0v) is 13.2. The first-order valence-electron chi connectivity index (χ1n) is 7.25. The maximum atomic E-state index is 14.4. The Morgan fingerprint density at radius 3 is 2.86 bits per heavy atom. The van der Waals surface area contributed by atoms with Crippen molar-refractivity contribution in [1.82, 2.24) is 0 Å². The zero-order valence-electron chi connectivity index (χ0n) is 12.4. The highest BCUT2D eigenvalue weighted by molar-refractivity contribution is 7.93. The molecule has 0 radical (unpaired) electrons. The van der Waals surface area contributed by atoms with Gasteiger partial charge < -0.3 is 14.4 Å². The van der Waals surface area contributed by atoms with Crippen molar-refractivity contribution in [3.63, 3.8) is 0 Å². The number of cyclic esters (lactones) is 1. The molecule has 7 heteroatoms. The molecular formula is C15H20FNO4S. The van der Waals surface area contributed by atoms with Gasteiger partial charge in [0.05, 0.1) is 18.8 Å². The lowest BCUT2D eigenvalue weighted by atomic mass is 9.93. The Morgan fingerprint density at radius 1 is 1.55 bits per heavy atom. The number of halogens is 1. The molecule has 0 spiro atoms. The molecule has 2 unspecified atom stereocenters. The Kier molecular flexibility index (Phi) is 6.05. The summed E-state index contributed by atoms with van der Waals surface area (Å²) in [5.74, 6) is 0.216. The SMILES string of the molecule is CCC(CCSO)c1ccc(N2CC(CO)OC2=O)cc1F. The Morgan fingerprint density at radius 2 is 2.32 bits per heavy atom. The van der Waals surface area contributed by atoms with Crippen molar-refractivity contribution in [2.24, 2.45) is 0 Å². The van der Waals surface area contributed by atoms with Crippen LogP contribution in [-0.4, -0.2) is 40.8 Å². The number of carbonyl (C=O) groups excluding carboxylic acids is 1. The fourth-order valence-corrected chi connectivity index (χ4v) is 3.01. The third-order valence-corrected chi connectivity index (χ3v) is 4.28. The summed E-state index contributed by atoms with van der Waals surface area (Å²) in [4.78, 5) is 13.0. The quantitative estimate of drug-likeness (QED) is 0.752. The standard InChI is InChI=1S/C15H20FNO4S/c1-2-10(5-6-22-20)13-4-3-11(7-14(13)16)17-8-12(9-18)21-15(17)19/h3-4,7,10,12,18,20H,2,5-6,8-9H2,1H3. The average Bonchev–Trinajstić information content (AvgIpc) is 2.90. The van der Waals surface area contributed by atoms with Crippen LogP contribution in [0, 0.1) is 5.82 Å². The fraction of sp³-hybridized carbons (Fsp3) is 0.533. The Balaban J connectivity index is 2.17. The molecule has 1 aromatic carbocycles. The number of benzene rings is 1. The summed E-state index contributed by atoms with van der Waals surface area (Å²) in [6.45, 7) is 1.94. The van der Waals surface area contributed by atoms with E-state index in [9.17, 15) is 9.18 Å². The van der Waals surface area contributed by atoms with Crippen molar-refractivity contribution in [2.45, 2.75) is 31.8 Å². The topological polar surface area (TPSA) is 70.0 Å². The van der Waals surface area contributed by atoms with Crippen LogP contribution in [0.15, 0.2) is 18.2 Å². The van der Waals surface area contributed by atoms with E-state index in [0.29, 0.717) is 23.4 Å². The van der Waals surface area contributed by atoms with E-state index in [4.69, 9.17) is 14.4 Å². The number of aliphatic hydroxyl groups excluding tert-OH is 1. The molecule has 1 aromatic rings. The predicted molar refractivity (Wildman–Crippen MR) is 83.8 cm³/mol. The minimum atomic E-state index is -0.574. The van der Waals surface area contributed by atoms with E-state index >= 15 is 0 Å². The van der Waals surface area contributed by atoms with E-state index in [1.54, 1.807) is 12.1 Å². The second-order valence-corrected chi connectivity index (χ2v) is 5.90. The lowest BCUT2D eigenvalue weighted by molar-refractivity contribution is 0.0963. The summed E-state index contributed by atoms with van der Waals surface area (Å²) >= 11 is 0.757. The third-order valence-electron chi connectivity index (χ3n) is 3.86. The van der Waals surface area contributed by atoms with Crippen molar-refractivity contribution in [3.8, 4) is 0 Å². The first-order chi connectivity index (χ1) is 10.6. The first kappa shape index (κ1) is 17.1. The lowest BCUT2D eigenvalue weighted by Crippen LogP contribution is -2.25. The molecule has 2 N–H and O–H groups in total. The van der Waals surface area contributed by atoms with Gasteiger partial charge in [-0.15, -0.1) is 0 Å². The molecule has 2 rings (SSSR count). The molecule has 1 fully saturated rings. The maximum Gasteiger partial charge on any atom is 0.414 e. The molecule has 1 heterocycles. The third kappa shape index (κ3) is 3.71. The molecule has 0 aliphatic carbocycles. The van der Waals surface area contributed by atoms with E-state index in [1.807, 2.05) is 6.92 Å². The zero-order chi connectivity index (χ0) is 16.1. The van der Waals surface area contributed by atoms with Crippen molar-refractivity contribution in [3.05, 3.63) is 29.6 Å². The molecule has 122 valence electrons. The molecule has 0 aromatic heterocycles. The van der Waals surface area contributed by atoms with Gasteiger partial charge in [0.2, 0.25) is 0 Å². The van der Waals surface area contributed by atoms with Gasteiger partial charge in [-0.1, -0.05) is 13.0 Å². The van der Waals surface area contributed by atoms with Gasteiger partial charge in [-0.2, -0.15) is 0 Å². The van der Waals surface area contributed by atoms with Gasteiger partial charge in [0.25, 0.3) is 0 Å². The molecule has 1 aliphatic rings. The molecule has 2 atom stereocenters. The largest absolute Gasteiger partial charge is 0.441 e. The molecule has 5 nitrogen and oxygen atoms in total. The number of aliphatic hydroxyl groups is 1. The van der Waals surface area contributed by atoms with E-state index in [-0.39, 0.29) is 24.9 Å². The Labute approximate surface area is 133 Å². The number of amides is 1. The fourth-order valence-electron chi connectivity index (χ4n) is 2.62.